The summed E-state index contributed by atoms with van der Waals surface area (Å²) in [6, 6.07) is 9.35. The van der Waals surface area contributed by atoms with Crippen molar-refractivity contribution in [2.75, 3.05) is 51.2 Å². The number of carbonyl (C=O) groups is 3. The second kappa shape index (κ2) is 9.55. The Labute approximate surface area is 225 Å². The summed E-state index contributed by atoms with van der Waals surface area (Å²) in [6.45, 7) is 12.9. The lowest BCUT2D eigenvalue weighted by molar-refractivity contribution is -0.125. The van der Waals surface area contributed by atoms with Crippen molar-refractivity contribution in [3.05, 3.63) is 53.9 Å². The molecule has 5 rings (SSSR count). The lowest BCUT2D eigenvalue weighted by Crippen LogP contribution is -2.62. The highest BCUT2D eigenvalue weighted by Crippen LogP contribution is 2.47. The van der Waals surface area contributed by atoms with Gasteiger partial charge in [0.15, 0.2) is 5.54 Å². The van der Waals surface area contributed by atoms with Crippen LogP contribution in [-0.4, -0.2) is 84.5 Å². The monoisotopic (exact) mass is 519 g/mol. The molecule has 2 aromatic rings. The van der Waals surface area contributed by atoms with Gasteiger partial charge in [0.1, 0.15) is 12.2 Å². The van der Waals surface area contributed by atoms with E-state index in [4.69, 9.17) is 0 Å². The van der Waals surface area contributed by atoms with E-state index < -0.39 is 5.54 Å². The zero-order chi connectivity index (χ0) is 27.3. The van der Waals surface area contributed by atoms with Crippen LogP contribution in [-0.2, 0) is 21.5 Å². The molecule has 9 heteroatoms. The van der Waals surface area contributed by atoms with Crippen LogP contribution in [0.4, 0.5) is 16.2 Å². The summed E-state index contributed by atoms with van der Waals surface area (Å²) in [5.74, 6) is -0.239. The fourth-order valence-electron chi connectivity index (χ4n) is 6.21. The van der Waals surface area contributed by atoms with Crippen molar-refractivity contribution in [1.82, 2.24) is 24.6 Å². The lowest BCUT2D eigenvalue weighted by Gasteiger charge is -2.39. The molecule has 4 amide bonds. The van der Waals surface area contributed by atoms with Crippen molar-refractivity contribution in [2.45, 2.75) is 51.6 Å². The van der Waals surface area contributed by atoms with E-state index in [1.54, 1.807) is 12.4 Å². The van der Waals surface area contributed by atoms with Crippen LogP contribution in [0.5, 0.6) is 0 Å². The number of quaternary nitrogens is 1. The average molecular weight is 520 g/mol. The fraction of sp³-hybridized carbons (Fsp3) is 0.517. The summed E-state index contributed by atoms with van der Waals surface area (Å²) >= 11 is 0. The molecule has 0 aliphatic carbocycles. The Morgan fingerprint density at radius 3 is 2.45 bits per heavy atom. The molecule has 1 unspecified atom stereocenters. The predicted octanol–water partition coefficient (Wildman–Crippen LogP) is 2.88. The highest BCUT2D eigenvalue weighted by molar-refractivity contribution is 6.13. The Balaban J connectivity index is 1.54. The van der Waals surface area contributed by atoms with Crippen LogP contribution in [0.25, 0.3) is 0 Å². The topological polar surface area (TPSA) is 85.8 Å². The molecule has 38 heavy (non-hydrogen) atoms. The number of likely N-dealkylation sites (N-methyl/N-ethyl adjacent to an activating group) is 1. The van der Waals surface area contributed by atoms with Crippen molar-refractivity contribution in [3.8, 4) is 0 Å². The number of benzene rings is 1. The molecule has 0 radical (unpaired) electrons. The van der Waals surface area contributed by atoms with Crippen molar-refractivity contribution in [2.24, 2.45) is 0 Å². The number of fused-ring (bicyclic) bond motifs is 1. The number of nitrogens with zero attached hydrogens (tertiary/aromatic N) is 5. The number of carbonyl (C=O) groups excluding carboxylic acids is 3. The number of hydrogen-bond donors (Lipinski definition) is 1. The molecule has 2 saturated heterocycles. The Hall–Kier alpha value is -3.14. The molecule has 202 valence electrons. The zero-order valence-corrected chi connectivity index (χ0v) is 23.2. The third-order valence-electron chi connectivity index (χ3n) is 8.71. The molecule has 0 spiro atoms. The molecular formula is C29H39N6O3+. The Morgan fingerprint density at radius 1 is 1.03 bits per heavy atom. The maximum Gasteiger partial charge on any atom is 0.429 e. The van der Waals surface area contributed by atoms with Gasteiger partial charge in [0, 0.05) is 69.0 Å². The second-order valence-electron chi connectivity index (χ2n) is 12.1. The van der Waals surface area contributed by atoms with Crippen LogP contribution in [0.15, 0.2) is 42.7 Å². The quantitative estimate of drug-likeness (QED) is 0.483. The van der Waals surface area contributed by atoms with Crippen LogP contribution in [0.3, 0.4) is 0 Å². The van der Waals surface area contributed by atoms with Gasteiger partial charge in [-0.3, -0.25) is 19.5 Å². The molecule has 2 fully saturated rings. The van der Waals surface area contributed by atoms with Gasteiger partial charge in [0.2, 0.25) is 5.91 Å². The van der Waals surface area contributed by atoms with E-state index in [2.05, 4.69) is 41.0 Å². The molecule has 0 saturated carbocycles. The first-order valence-electron chi connectivity index (χ1n) is 13.5. The van der Waals surface area contributed by atoms with Gasteiger partial charge < -0.3 is 9.80 Å². The third-order valence-corrected chi connectivity index (χ3v) is 8.71. The largest absolute Gasteiger partial charge is 0.429 e. The number of imide groups is 1. The van der Waals surface area contributed by atoms with E-state index in [1.807, 2.05) is 49.1 Å². The lowest BCUT2D eigenvalue weighted by atomic mass is 9.86. The minimum Gasteiger partial charge on any atom is -0.310 e. The smallest absolute Gasteiger partial charge is 0.310 e. The second-order valence-corrected chi connectivity index (χ2v) is 12.1. The van der Waals surface area contributed by atoms with Gasteiger partial charge in [-0.05, 0) is 44.3 Å². The highest BCUT2D eigenvalue weighted by Gasteiger charge is 2.63. The van der Waals surface area contributed by atoms with Gasteiger partial charge in [0.05, 0.1) is 12.2 Å². The van der Waals surface area contributed by atoms with E-state index in [1.165, 1.54) is 0 Å². The Bertz CT molecular complexity index is 1260. The van der Waals surface area contributed by atoms with Crippen LogP contribution in [0.1, 0.15) is 45.2 Å². The van der Waals surface area contributed by atoms with Crippen molar-refractivity contribution in [3.63, 3.8) is 0 Å². The number of amides is 4. The molecule has 1 aromatic heterocycles. The first-order chi connectivity index (χ1) is 18.0. The maximum atomic E-state index is 13.7. The minimum atomic E-state index is -1.05. The number of anilines is 1. The number of hydrogen-bond acceptors (Lipinski definition) is 6. The summed E-state index contributed by atoms with van der Waals surface area (Å²) in [6.07, 6.45) is 4.44. The fourth-order valence-corrected chi connectivity index (χ4v) is 6.21. The first-order valence-corrected chi connectivity index (χ1v) is 13.5. The van der Waals surface area contributed by atoms with Crippen molar-refractivity contribution >= 4 is 29.2 Å². The Kier molecular flexibility index (Phi) is 6.65. The van der Waals surface area contributed by atoms with Crippen molar-refractivity contribution in [1.29, 1.82) is 0 Å². The van der Waals surface area contributed by atoms with Crippen LogP contribution >= 0.6 is 0 Å². The Morgan fingerprint density at radius 2 is 1.76 bits per heavy atom. The summed E-state index contributed by atoms with van der Waals surface area (Å²) < 4.78 is -0.204. The predicted molar refractivity (Wildman–Crippen MR) is 148 cm³/mol. The van der Waals surface area contributed by atoms with E-state index in [0.29, 0.717) is 25.3 Å². The van der Waals surface area contributed by atoms with E-state index in [9.17, 15) is 14.4 Å². The van der Waals surface area contributed by atoms with Crippen LogP contribution in [0, 0.1) is 0 Å². The average Bonchev–Trinajstić information content (AvgIpc) is 3.11. The van der Waals surface area contributed by atoms with Gasteiger partial charge in [-0.15, -0.1) is 0 Å². The molecule has 0 bridgehead atoms. The molecule has 3 aliphatic rings. The third kappa shape index (κ3) is 4.32. The van der Waals surface area contributed by atoms with Crippen LogP contribution < -0.4 is 14.7 Å². The molecular weight excluding hydrogens is 480 g/mol. The van der Waals surface area contributed by atoms with Crippen LogP contribution in [0.2, 0.25) is 0 Å². The molecule has 3 aliphatic heterocycles. The summed E-state index contributed by atoms with van der Waals surface area (Å²) in [4.78, 5) is 50.9. The molecule has 4 heterocycles. The van der Waals surface area contributed by atoms with Gasteiger partial charge in [-0.1, -0.05) is 19.9 Å². The first kappa shape index (κ1) is 26.5. The maximum absolute atomic E-state index is 13.7. The van der Waals surface area contributed by atoms with E-state index >= 15 is 0 Å². The summed E-state index contributed by atoms with van der Waals surface area (Å²) in [5.41, 5.74) is 2.24. The van der Waals surface area contributed by atoms with Crippen molar-refractivity contribution < 1.29 is 14.4 Å². The molecule has 1 atom stereocenters. The number of nitrogens with one attached hydrogen (secondary N) is 1. The molecule has 9 nitrogen and oxygen atoms in total. The van der Waals surface area contributed by atoms with E-state index in [-0.39, 0.29) is 27.7 Å². The minimum absolute atomic E-state index is 0.0698. The van der Waals surface area contributed by atoms with E-state index in [0.717, 1.165) is 49.4 Å². The number of pyridine rings is 1. The van der Waals surface area contributed by atoms with Gasteiger partial charge >= 0.3 is 6.03 Å². The van der Waals surface area contributed by atoms with Gasteiger partial charge in [0.25, 0.3) is 5.91 Å². The molecule has 1 aromatic carbocycles. The standard InChI is InChI=1S/C29H38N6O3/c1-28(2)20-34(25(36)18-33-14-6-13-32(5)15-16-33)24-17-22(7-8-23(24)28)35(19-21-9-11-30-12-10-21)27(38)31-26(37)29(35,3)4/h7-12,17H,6,13-16,18-20H2,1-5H3/p+1. The van der Waals surface area contributed by atoms with Gasteiger partial charge in [-0.25, -0.2) is 10.1 Å². The summed E-state index contributed by atoms with van der Waals surface area (Å²) in [7, 11) is 2.12. The normalized spacial score (nSPS) is 25.2. The SMILES string of the molecule is CN1CCCN(CC(=O)N2CC(C)(C)c3ccc([N+]4(Cc5ccncc5)C(=O)NC(=O)C4(C)C)cc32)CC1. The highest BCUT2D eigenvalue weighted by atomic mass is 16.2. The number of aromatic nitrogens is 1. The summed E-state index contributed by atoms with van der Waals surface area (Å²) in [5, 5.41) is 2.59. The zero-order valence-electron chi connectivity index (χ0n) is 23.2. The molecule has 1 N–H and O–H groups in total. The number of urea groups is 1. The van der Waals surface area contributed by atoms with Gasteiger partial charge in [-0.2, -0.15) is 4.48 Å². The number of rotatable bonds is 5.